The number of likely N-dealkylation sites (tertiary alicyclic amines) is 1. The van der Waals surface area contributed by atoms with Gasteiger partial charge in [0.25, 0.3) is 0 Å². The summed E-state index contributed by atoms with van der Waals surface area (Å²) < 4.78 is 99.4. The van der Waals surface area contributed by atoms with Gasteiger partial charge in [0.15, 0.2) is 0 Å². The maximum absolute atomic E-state index is 8.29. The first kappa shape index (κ1) is 9.23. The minimum Gasteiger partial charge on any atom is -0.397 e. The van der Waals surface area contributed by atoms with E-state index in [2.05, 4.69) is 13.8 Å². The summed E-state index contributed by atoms with van der Waals surface area (Å²) in [5.41, 5.74) is 2.81. The lowest BCUT2D eigenvalue weighted by atomic mass is 9.72. The Morgan fingerprint density at radius 1 is 1.15 bits per heavy atom. The van der Waals surface area contributed by atoms with Crippen molar-refractivity contribution in [1.82, 2.24) is 9.88 Å². The van der Waals surface area contributed by atoms with Crippen LogP contribution in [0.1, 0.15) is 107 Å². The molecule has 1 fully saturated rings. The van der Waals surface area contributed by atoms with E-state index in [1.807, 2.05) is 6.08 Å². The molecule has 1 aliphatic carbocycles. The number of hydrogen-bond donors (Lipinski definition) is 1. The molecule has 0 radical (unpaired) electrons. The second-order valence-electron chi connectivity index (χ2n) is 8.66. The Balaban J connectivity index is 2.29. The van der Waals surface area contributed by atoms with Crippen molar-refractivity contribution in [3.05, 3.63) is 29.6 Å². The maximum Gasteiger partial charge on any atom is 0.0891 e. The highest BCUT2D eigenvalue weighted by molar-refractivity contribution is 5.72. The van der Waals surface area contributed by atoms with Crippen LogP contribution in [0.5, 0.6) is 0 Å². The summed E-state index contributed by atoms with van der Waals surface area (Å²) in [6.07, 6.45) is 3.36. The molecule has 1 aromatic heterocycles. The molecule has 0 saturated carbocycles. The largest absolute Gasteiger partial charge is 0.397 e. The molecular formula is C23H37N3. The molecule has 0 aromatic carbocycles. The quantitative estimate of drug-likeness (QED) is 0.737. The molecule has 144 valence electrons. The number of anilines is 1. The van der Waals surface area contributed by atoms with Crippen LogP contribution in [0.3, 0.4) is 0 Å². The monoisotopic (exact) mass is 367 g/mol. The third-order valence-electron chi connectivity index (χ3n) is 5.87. The fourth-order valence-electron chi connectivity index (χ4n) is 3.86. The molecule has 0 atom stereocenters. The highest BCUT2D eigenvalue weighted by Gasteiger charge is 2.43. The van der Waals surface area contributed by atoms with Crippen LogP contribution < -0.4 is 5.73 Å². The Morgan fingerprint density at radius 2 is 1.81 bits per heavy atom. The van der Waals surface area contributed by atoms with Crippen LogP contribution in [0.2, 0.25) is 0 Å². The van der Waals surface area contributed by atoms with E-state index in [0.717, 1.165) is 25.5 Å². The lowest BCUT2D eigenvalue weighted by Crippen LogP contribution is -2.58. The summed E-state index contributed by atoms with van der Waals surface area (Å²) >= 11 is 0. The van der Waals surface area contributed by atoms with E-state index in [9.17, 15) is 0 Å². The van der Waals surface area contributed by atoms with E-state index < -0.39 is 57.2 Å². The van der Waals surface area contributed by atoms with Gasteiger partial charge in [0.2, 0.25) is 0 Å². The predicted molar refractivity (Wildman–Crippen MR) is 112 cm³/mol. The Morgan fingerprint density at radius 3 is 2.35 bits per heavy atom. The zero-order chi connectivity index (χ0) is 29.3. The average Bonchev–Trinajstić information content (AvgIpc) is 2.71. The summed E-state index contributed by atoms with van der Waals surface area (Å²) in [6.45, 7) is -8.69. The Kier molecular flexibility index (Phi) is 2.26. The fourth-order valence-corrected chi connectivity index (χ4v) is 3.86. The van der Waals surface area contributed by atoms with E-state index in [1.54, 1.807) is 6.07 Å². The molecule has 3 heteroatoms. The number of nitrogens with two attached hydrogens (primary N) is 1. The topological polar surface area (TPSA) is 42.1 Å². The van der Waals surface area contributed by atoms with Crippen LogP contribution in [0, 0.1) is 5.41 Å². The van der Waals surface area contributed by atoms with Gasteiger partial charge >= 0.3 is 0 Å². The molecule has 0 unspecified atom stereocenters. The van der Waals surface area contributed by atoms with Gasteiger partial charge < -0.3 is 5.73 Å². The van der Waals surface area contributed by atoms with Crippen LogP contribution in [-0.2, 0) is 0 Å². The summed E-state index contributed by atoms with van der Waals surface area (Å²) in [4.78, 5) is 5.32. The second kappa shape index (κ2) is 6.37. The predicted octanol–water partition coefficient (Wildman–Crippen LogP) is 5.62. The number of aromatic nitrogens is 1. The van der Waals surface area contributed by atoms with Gasteiger partial charge in [-0.15, -0.1) is 0 Å². The zero-order valence-corrected chi connectivity index (χ0v) is 15.8. The van der Waals surface area contributed by atoms with Crippen molar-refractivity contribution in [2.45, 2.75) is 90.4 Å². The third kappa shape index (κ3) is 3.69. The molecule has 1 aromatic rings. The number of hydrogen-bond acceptors (Lipinski definition) is 3. The van der Waals surface area contributed by atoms with E-state index in [0.29, 0.717) is 22.7 Å². The first-order valence-electron chi connectivity index (χ1n) is 15.1. The average molecular weight is 368 g/mol. The van der Waals surface area contributed by atoms with Gasteiger partial charge in [-0.3, -0.25) is 9.88 Å². The van der Waals surface area contributed by atoms with Gasteiger partial charge in [0.1, 0.15) is 0 Å². The molecule has 3 nitrogen and oxygen atoms in total. The number of pyridine rings is 1. The van der Waals surface area contributed by atoms with Crippen LogP contribution >= 0.6 is 0 Å². The number of rotatable bonds is 2. The van der Waals surface area contributed by atoms with Crippen molar-refractivity contribution in [3.8, 4) is 0 Å². The molecule has 1 saturated heterocycles. The lowest BCUT2D eigenvalue weighted by Gasteiger charge is -2.53. The molecule has 1 aliphatic heterocycles. The number of piperidine rings is 1. The summed E-state index contributed by atoms with van der Waals surface area (Å²) in [5, 5.41) is 0. The minimum atomic E-state index is -3.25. The normalized spacial score (nSPS) is 34.5. The smallest absolute Gasteiger partial charge is 0.0891 e. The van der Waals surface area contributed by atoms with Gasteiger partial charge in [-0.25, -0.2) is 0 Å². The molecule has 26 heavy (non-hydrogen) atoms. The van der Waals surface area contributed by atoms with Gasteiger partial charge in [-0.2, -0.15) is 0 Å². The lowest BCUT2D eigenvalue weighted by molar-refractivity contribution is -0.0134. The Labute approximate surface area is 176 Å². The van der Waals surface area contributed by atoms with Gasteiger partial charge in [0, 0.05) is 39.1 Å². The van der Waals surface area contributed by atoms with Gasteiger partial charge in [-0.1, -0.05) is 19.9 Å². The fraction of sp³-hybridized carbons (Fsp3) is 0.696. The Hall–Kier alpha value is -1.35. The molecule has 2 heterocycles. The number of nitrogen functional groups attached to an aromatic ring is 1. The standard InChI is InChI=1S/C23H37N3/c1-21(2)12-10-16(11-13-21)20-18(24)8-9-19(25-20)17-14-22(3,4)26(7)23(5,6)15-17/h8-10,17H,11-15,24H2,1-7H3/i3D3,4D3,5D3,6D3. The molecule has 3 rings (SSSR count). The van der Waals surface area contributed by atoms with Gasteiger partial charge in [-0.05, 0) is 89.7 Å². The maximum atomic E-state index is 8.29. The molecule has 2 aliphatic rings. The van der Waals surface area contributed by atoms with Crippen LogP contribution in [-0.4, -0.2) is 28.0 Å². The van der Waals surface area contributed by atoms with Crippen molar-refractivity contribution in [2.75, 3.05) is 12.8 Å². The molecule has 0 amide bonds. The summed E-state index contributed by atoms with van der Waals surface area (Å²) in [5.74, 6) is -1.09. The van der Waals surface area contributed by atoms with Crippen molar-refractivity contribution in [2.24, 2.45) is 5.41 Å². The molecule has 0 bridgehead atoms. The first-order valence-corrected chi connectivity index (χ1v) is 9.11. The van der Waals surface area contributed by atoms with Crippen molar-refractivity contribution < 1.29 is 16.4 Å². The first-order chi connectivity index (χ1) is 16.9. The number of nitrogens with zero attached hydrogens (tertiary/aromatic N) is 2. The van der Waals surface area contributed by atoms with Crippen molar-refractivity contribution >= 4 is 11.3 Å². The highest BCUT2D eigenvalue weighted by atomic mass is 15.2. The van der Waals surface area contributed by atoms with E-state index in [-0.39, 0.29) is 11.1 Å². The molecule has 0 spiro atoms. The molecular weight excluding hydrogens is 318 g/mol. The van der Waals surface area contributed by atoms with E-state index in [4.69, 9.17) is 27.2 Å². The minimum absolute atomic E-state index is 0.113. The molecule has 2 N–H and O–H groups in total. The van der Waals surface area contributed by atoms with Crippen LogP contribution in [0.25, 0.3) is 5.57 Å². The Bertz CT molecular complexity index is 1010. The number of allylic oxidation sites excluding steroid dienone is 2. The van der Waals surface area contributed by atoms with Crippen molar-refractivity contribution in [3.63, 3.8) is 0 Å². The van der Waals surface area contributed by atoms with Crippen LogP contribution in [0.15, 0.2) is 18.2 Å². The third-order valence-corrected chi connectivity index (χ3v) is 5.87. The summed E-state index contributed by atoms with van der Waals surface area (Å²) in [6, 6.07) is 3.09. The highest BCUT2D eigenvalue weighted by Crippen LogP contribution is 2.45. The second-order valence-corrected chi connectivity index (χ2v) is 8.66. The van der Waals surface area contributed by atoms with E-state index in [1.165, 1.54) is 6.07 Å². The van der Waals surface area contributed by atoms with Gasteiger partial charge in [0.05, 0.1) is 11.4 Å². The van der Waals surface area contributed by atoms with Crippen LogP contribution in [0.4, 0.5) is 5.69 Å². The summed E-state index contributed by atoms with van der Waals surface area (Å²) in [7, 11) is 1.00. The van der Waals surface area contributed by atoms with E-state index >= 15 is 0 Å². The SMILES string of the molecule is [2H]C([2H])([2H])C1(C([2H])([2H])[2H])CC(c2ccc(N)c(C3=CCC(C)(C)CC3)n2)CC(C([2H])([2H])[2H])(C([2H])([2H])[2H])N1C. The van der Waals surface area contributed by atoms with Crippen molar-refractivity contribution in [1.29, 1.82) is 0 Å². The zero-order valence-electron chi connectivity index (χ0n) is 27.8.